The van der Waals surface area contributed by atoms with Gasteiger partial charge in [0.25, 0.3) is 15.9 Å². The number of nitrogens with one attached hydrogen (secondary N) is 2. The zero-order valence-electron chi connectivity index (χ0n) is 16.6. The molecule has 0 aromatic heterocycles. The predicted molar refractivity (Wildman–Crippen MR) is 115 cm³/mol. The van der Waals surface area contributed by atoms with Crippen LogP contribution < -0.4 is 10.0 Å². The van der Waals surface area contributed by atoms with Gasteiger partial charge in [-0.2, -0.15) is 0 Å². The van der Waals surface area contributed by atoms with Crippen molar-refractivity contribution >= 4 is 21.6 Å². The molecule has 30 heavy (non-hydrogen) atoms. The lowest BCUT2D eigenvalue weighted by Crippen LogP contribution is -2.25. The Labute approximate surface area is 176 Å². The van der Waals surface area contributed by atoms with Gasteiger partial charge in [0.15, 0.2) is 0 Å². The highest BCUT2D eigenvalue weighted by atomic mass is 32.2. The summed E-state index contributed by atoms with van der Waals surface area (Å²) in [6.45, 7) is 2.52. The highest BCUT2D eigenvalue weighted by Crippen LogP contribution is 2.17. The van der Waals surface area contributed by atoms with Crippen LogP contribution in [0.5, 0.6) is 0 Å². The van der Waals surface area contributed by atoms with Crippen molar-refractivity contribution in [2.45, 2.75) is 24.7 Å². The zero-order chi connectivity index (χ0) is 21.6. The Kier molecular flexibility index (Phi) is 6.84. The van der Waals surface area contributed by atoms with Crippen LogP contribution >= 0.6 is 0 Å². The van der Waals surface area contributed by atoms with Gasteiger partial charge in [-0.25, -0.2) is 12.8 Å². The summed E-state index contributed by atoms with van der Waals surface area (Å²) in [6.07, 6.45) is 1.62. The Morgan fingerprint density at radius 2 is 1.67 bits per heavy atom. The Morgan fingerprint density at radius 1 is 0.967 bits per heavy atom. The fourth-order valence-corrected chi connectivity index (χ4v) is 3.99. The molecular weight excluding hydrogens is 403 g/mol. The topological polar surface area (TPSA) is 75.3 Å². The first-order valence-electron chi connectivity index (χ1n) is 9.56. The summed E-state index contributed by atoms with van der Waals surface area (Å²) in [5, 5.41) is 2.82. The molecule has 0 saturated heterocycles. The molecule has 3 aromatic carbocycles. The number of rotatable bonds is 8. The minimum Gasteiger partial charge on any atom is -0.352 e. The summed E-state index contributed by atoms with van der Waals surface area (Å²) in [7, 11) is -3.90. The second-order valence-corrected chi connectivity index (χ2v) is 8.67. The second-order valence-electron chi connectivity index (χ2n) is 6.99. The van der Waals surface area contributed by atoms with E-state index in [-0.39, 0.29) is 22.1 Å². The number of amides is 1. The van der Waals surface area contributed by atoms with Crippen LogP contribution in [0.15, 0.2) is 77.7 Å². The summed E-state index contributed by atoms with van der Waals surface area (Å²) in [5.41, 5.74) is 2.90. The number of carbonyl (C=O) groups is 1. The van der Waals surface area contributed by atoms with E-state index < -0.39 is 15.8 Å². The van der Waals surface area contributed by atoms with Crippen molar-refractivity contribution in [3.05, 3.63) is 95.3 Å². The van der Waals surface area contributed by atoms with Gasteiger partial charge in [-0.1, -0.05) is 35.9 Å². The molecule has 0 bridgehead atoms. The zero-order valence-corrected chi connectivity index (χ0v) is 17.4. The number of halogens is 1. The van der Waals surface area contributed by atoms with Crippen LogP contribution in [-0.4, -0.2) is 20.9 Å². The lowest BCUT2D eigenvalue weighted by atomic mass is 10.1. The van der Waals surface area contributed by atoms with E-state index >= 15 is 0 Å². The van der Waals surface area contributed by atoms with E-state index in [0.717, 1.165) is 12.8 Å². The molecule has 5 nitrogen and oxygen atoms in total. The maximum absolute atomic E-state index is 13.0. The van der Waals surface area contributed by atoms with Gasteiger partial charge in [-0.15, -0.1) is 0 Å². The fraction of sp³-hybridized carbons (Fsp3) is 0.174. The van der Waals surface area contributed by atoms with Crippen LogP contribution in [0.25, 0.3) is 0 Å². The Balaban J connectivity index is 1.58. The lowest BCUT2D eigenvalue weighted by molar-refractivity contribution is 0.0953. The number of anilines is 1. The number of aryl methyl sites for hydroxylation is 2. The van der Waals surface area contributed by atoms with Gasteiger partial charge in [-0.3, -0.25) is 9.52 Å². The van der Waals surface area contributed by atoms with Crippen molar-refractivity contribution in [2.75, 3.05) is 11.3 Å². The van der Waals surface area contributed by atoms with Crippen LogP contribution in [0.3, 0.4) is 0 Å². The maximum atomic E-state index is 13.0. The molecule has 3 aromatic rings. The van der Waals surface area contributed by atoms with Gasteiger partial charge in [0.1, 0.15) is 5.82 Å². The molecule has 0 atom stereocenters. The molecule has 0 aliphatic rings. The van der Waals surface area contributed by atoms with Crippen LogP contribution in [0.2, 0.25) is 0 Å². The van der Waals surface area contributed by atoms with Crippen LogP contribution in [-0.2, 0) is 16.4 Å². The van der Waals surface area contributed by atoms with Gasteiger partial charge in [0.05, 0.1) is 4.90 Å². The first kappa shape index (κ1) is 21.5. The van der Waals surface area contributed by atoms with Crippen molar-refractivity contribution in [3.63, 3.8) is 0 Å². The van der Waals surface area contributed by atoms with Gasteiger partial charge >= 0.3 is 0 Å². The number of sulfonamides is 1. The maximum Gasteiger partial charge on any atom is 0.261 e. The average molecular weight is 427 g/mol. The van der Waals surface area contributed by atoms with Crippen LogP contribution in [0, 0.1) is 12.7 Å². The normalized spacial score (nSPS) is 11.1. The fourth-order valence-electron chi connectivity index (χ4n) is 2.89. The minimum absolute atomic E-state index is 0.0425. The third kappa shape index (κ3) is 5.90. The molecule has 0 spiro atoms. The first-order chi connectivity index (χ1) is 14.3. The summed E-state index contributed by atoms with van der Waals surface area (Å²) in [5.74, 6) is -0.795. The Bertz CT molecular complexity index is 1110. The van der Waals surface area contributed by atoms with Crippen molar-refractivity contribution in [1.82, 2.24) is 5.32 Å². The summed E-state index contributed by atoms with van der Waals surface area (Å²) < 4.78 is 40.5. The SMILES string of the molecule is Cc1ccc(CCCNC(=O)c2cccc(S(=O)(=O)Nc3ccc(F)cc3)c2)cc1. The number of hydrogen-bond donors (Lipinski definition) is 2. The molecule has 0 saturated carbocycles. The van der Waals surface area contributed by atoms with Crippen molar-refractivity contribution in [1.29, 1.82) is 0 Å². The van der Waals surface area contributed by atoms with E-state index in [1.165, 1.54) is 53.6 Å². The molecule has 0 heterocycles. The molecule has 0 fully saturated rings. The van der Waals surface area contributed by atoms with E-state index in [1.807, 2.05) is 6.92 Å². The van der Waals surface area contributed by atoms with E-state index in [0.29, 0.717) is 6.54 Å². The summed E-state index contributed by atoms with van der Waals surface area (Å²) in [6, 6.07) is 19.0. The Morgan fingerprint density at radius 3 is 2.37 bits per heavy atom. The van der Waals surface area contributed by atoms with E-state index in [9.17, 15) is 17.6 Å². The molecule has 7 heteroatoms. The second kappa shape index (κ2) is 9.54. The van der Waals surface area contributed by atoms with Gasteiger partial charge in [0, 0.05) is 17.8 Å². The molecule has 0 radical (unpaired) electrons. The third-order valence-electron chi connectivity index (χ3n) is 4.55. The van der Waals surface area contributed by atoms with Gasteiger partial charge in [0.2, 0.25) is 0 Å². The van der Waals surface area contributed by atoms with Crippen LogP contribution in [0.1, 0.15) is 27.9 Å². The average Bonchev–Trinajstić information content (AvgIpc) is 2.74. The summed E-state index contributed by atoms with van der Waals surface area (Å²) >= 11 is 0. The summed E-state index contributed by atoms with van der Waals surface area (Å²) in [4.78, 5) is 12.4. The van der Waals surface area contributed by atoms with E-state index in [2.05, 4.69) is 34.3 Å². The monoisotopic (exact) mass is 426 g/mol. The van der Waals surface area contributed by atoms with E-state index in [4.69, 9.17) is 0 Å². The molecule has 2 N–H and O–H groups in total. The predicted octanol–water partition coefficient (Wildman–Crippen LogP) is 4.30. The third-order valence-corrected chi connectivity index (χ3v) is 5.93. The standard InChI is InChI=1S/C23H23FN2O3S/c1-17-7-9-18(10-8-17)4-3-15-25-23(27)19-5-2-6-22(16-19)30(28,29)26-21-13-11-20(24)12-14-21/h2,5-14,16,26H,3-4,15H2,1H3,(H,25,27). The van der Waals surface area contributed by atoms with Crippen molar-refractivity contribution in [2.24, 2.45) is 0 Å². The molecule has 0 aliphatic heterocycles. The van der Waals surface area contributed by atoms with Crippen molar-refractivity contribution in [3.8, 4) is 0 Å². The molecule has 0 aliphatic carbocycles. The Hall–Kier alpha value is -3.19. The van der Waals surface area contributed by atoms with Crippen molar-refractivity contribution < 1.29 is 17.6 Å². The molecule has 1 amide bonds. The quantitative estimate of drug-likeness (QED) is 0.528. The van der Waals surface area contributed by atoms with Crippen LogP contribution in [0.4, 0.5) is 10.1 Å². The largest absolute Gasteiger partial charge is 0.352 e. The number of benzene rings is 3. The lowest BCUT2D eigenvalue weighted by Gasteiger charge is -2.10. The minimum atomic E-state index is -3.90. The van der Waals surface area contributed by atoms with Gasteiger partial charge in [-0.05, 0) is 67.8 Å². The number of hydrogen-bond acceptors (Lipinski definition) is 3. The highest BCUT2D eigenvalue weighted by molar-refractivity contribution is 7.92. The molecule has 0 unspecified atom stereocenters. The highest BCUT2D eigenvalue weighted by Gasteiger charge is 2.16. The smallest absolute Gasteiger partial charge is 0.261 e. The first-order valence-corrected chi connectivity index (χ1v) is 11.0. The van der Waals surface area contributed by atoms with Gasteiger partial charge < -0.3 is 5.32 Å². The molecule has 156 valence electrons. The molecular formula is C23H23FN2O3S. The number of carbonyl (C=O) groups excluding carboxylic acids is 1. The van der Waals surface area contributed by atoms with E-state index in [1.54, 1.807) is 6.07 Å². The molecule has 3 rings (SSSR count).